The Bertz CT molecular complexity index is 605. The minimum absolute atomic E-state index is 0.255. The fourth-order valence-corrected chi connectivity index (χ4v) is 6.06. The first kappa shape index (κ1) is 13.3. The number of aromatic nitrogens is 1. The Morgan fingerprint density at radius 1 is 1.41 bits per heavy atom. The van der Waals surface area contributed by atoms with Crippen molar-refractivity contribution in [1.29, 1.82) is 0 Å². The van der Waals surface area contributed by atoms with Crippen molar-refractivity contribution in [3.63, 3.8) is 0 Å². The molecule has 0 atom stereocenters. The fourth-order valence-electron chi connectivity index (χ4n) is 1.23. The molecule has 17 heavy (non-hydrogen) atoms. The number of H-pyrrole nitrogens is 1. The van der Waals surface area contributed by atoms with Crippen LogP contribution in [0, 0.1) is 0 Å². The van der Waals surface area contributed by atoms with Crippen LogP contribution in [0.5, 0.6) is 0 Å². The Labute approximate surface area is 120 Å². The molecule has 0 saturated heterocycles. The van der Waals surface area contributed by atoms with Crippen molar-refractivity contribution < 1.29 is 8.42 Å². The standard InChI is InChI=1S/C9H8Br2N2O2S2/c10-8-3-7(9(11)16-8)17(14,15)13-5-6-1-2-12-4-6/h1-4,12-13H,5H2. The predicted molar refractivity (Wildman–Crippen MR) is 74.5 cm³/mol. The number of halogens is 2. The number of aromatic amines is 1. The van der Waals surface area contributed by atoms with E-state index in [0.717, 1.165) is 9.35 Å². The molecule has 0 aliphatic carbocycles. The van der Waals surface area contributed by atoms with Crippen LogP contribution in [0.2, 0.25) is 0 Å². The zero-order chi connectivity index (χ0) is 12.5. The second kappa shape index (κ2) is 5.23. The summed E-state index contributed by atoms with van der Waals surface area (Å²) in [6, 6.07) is 3.40. The third-order valence-electron chi connectivity index (χ3n) is 2.04. The lowest BCUT2D eigenvalue weighted by atomic mass is 10.4. The van der Waals surface area contributed by atoms with Gasteiger partial charge in [0.25, 0.3) is 0 Å². The summed E-state index contributed by atoms with van der Waals surface area (Å²) in [4.78, 5) is 3.13. The molecule has 0 bridgehead atoms. The second-order valence-electron chi connectivity index (χ2n) is 3.23. The summed E-state index contributed by atoms with van der Waals surface area (Å²) in [5.74, 6) is 0. The van der Waals surface area contributed by atoms with Gasteiger partial charge in [0.1, 0.15) is 4.90 Å². The van der Waals surface area contributed by atoms with Crippen LogP contribution < -0.4 is 4.72 Å². The Kier molecular flexibility index (Phi) is 4.09. The fraction of sp³-hybridized carbons (Fsp3) is 0.111. The average Bonchev–Trinajstić information content (AvgIpc) is 2.85. The normalized spacial score (nSPS) is 11.9. The molecule has 8 heteroatoms. The van der Waals surface area contributed by atoms with Gasteiger partial charge in [-0.15, -0.1) is 11.3 Å². The molecule has 2 N–H and O–H groups in total. The van der Waals surface area contributed by atoms with Crippen molar-refractivity contribution in [3.05, 3.63) is 37.7 Å². The molecule has 0 spiro atoms. The number of sulfonamides is 1. The van der Waals surface area contributed by atoms with Gasteiger partial charge in [-0.3, -0.25) is 0 Å². The minimum Gasteiger partial charge on any atom is -0.367 e. The van der Waals surface area contributed by atoms with Crippen LogP contribution >= 0.6 is 43.2 Å². The summed E-state index contributed by atoms with van der Waals surface area (Å²) in [6.07, 6.45) is 3.50. The van der Waals surface area contributed by atoms with Crippen LogP contribution in [0.25, 0.3) is 0 Å². The number of hydrogen-bond acceptors (Lipinski definition) is 3. The van der Waals surface area contributed by atoms with Crippen molar-refractivity contribution >= 4 is 53.2 Å². The monoisotopic (exact) mass is 398 g/mol. The van der Waals surface area contributed by atoms with Crippen molar-refractivity contribution in [1.82, 2.24) is 9.71 Å². The van der Waals surface area contributed by atoms with Crippen molar-refractivity contribution in [2.24, 2.45) is 0 Å². The predicted octanol–water partition coefficient (Wildman–Crippen LogP) is 3.08. The molecule has 0 fully saturated rings. The van der Waals surface area contributed by atoms with Crippen molar-refractivity contribution in [2.45, 2.75) is 11.4 Å². The van der Waals surface area contributed by atoms with Gasteiger partial charge in [-0.25, -0.2) is 13.1 Å². The summed E-state index contributed by atoms with van der Waals surface area (Å²) < 4.78 is 27.9. The van der Waals surface area contributed by atoms with E-state index in [9.17, 15) is 8.42 Å². The van der Waals surface area contributed by atoms with Gasteiger partial charge in [-0.1, -0.05) is 0 Å². The lowest BCUT2D eigenvalue weighted by Gasteiger charge is -2.04. The molecule has 0 amide bonds. The molecule has 0 aliphatic rings. The number of nitrogens with one attached hydrogen (secondary N) is 2. The summed E-state index contributed by atoms with van der Waals surface area (Å²) in [6.45, 7) is 0.270. The largest absolute Gasteiger partial charge is 0.367 e. The van der Waals surface area contributed by atoms with E-state index < -0.39 is 10.0 Å². The van der Waals surface area contributed by atoms with E-state index >= 15 is 0 Å². The molecule has 2 aromatic heterocycles. The number of rotatable bonds is 4. The third kappa shape index (κ3) is 3.19. The van der Waals surface area contributed by atoms with Crippen LogP contribution in [-0.2, 0) is 16.6 Å². The summed E-state index contributed by atoms with van der Waals surface area (Å²) in [7, 11) is -3.48. The second-order valence-corrected chi connectivity index (χ2v) is 8.72. The Morgan fingerprint density at radius 3 is 2.71 bits per heavy atom. The zero-order valence-electron chi connectivity index (χ0n) is 8.41. The molecule has 2 heterocycles. The first-order valence-corrected chi connectivity index (χ1v) is 8.44. The van der Waals surface area contributed by atoms with Crippen LogP contribution in [0.4, 0.5) is 0 Å². The van der Waals surface area contributed by atoms with E-state index in [-0.39, 0.29) is 11.4 Å². The van der Waals surface area contributed by atoms with Gasteiger partial charge in [0.05, 0.1) is 7.57 Å². The molecular weight excluding hydrogens is 392 g/mol. The van der Waals surface area contributed by atoms with Gasteiger partial charge in [-0.05, 0) is 49.6 Å². The maximum Gasteiger partial charge on any atom is 0.242 e. The molecule has 0 aliphatic heterocycles. The van der Waals surface area contributed by atoms with Crippen molar-refractivity contribution in [3.8, 4) is 0 Å². The van der Waals surface area contributed by atoms with Gasteiger partial charge in [0.2, 0.25) is 10.0 Å². The van der Waals surface area contributed by atoms with Crippen LogP contribution in [0.1, 0.15) is 5.56 Å². The van der Waals surface area contributed by atoms with E-state index in [1.54, 1.807) is 18.5 Å². The SMILES string of the molecule is O=S(=O)(NCc1cc[nH]c1)c1cc(Br)sc1Br. The molecule has 0 saturated carbocycles. The van der Waals surface area contributed by atoms with E-state index in [2.05, 4.69) is 41.6 Å². The van der Waals surface area contributed by atoms with Gasteiger partial charge in [0.15, 0.2) is 0 Å². The highest BCUT2D eigenvalue weighted by Gasteiger charge is 2.20. The Balaban J connectivity index is 2.17. The summed E-state index contributed by atoms with van der Waals surface area (Å²) in [5.41, 5.74) is 0.888. The molecule has 2 rings (SSSR count). The molecule has 0 radical (unpaired) electrons. The quantitative estimate of drug-likeness (QED) is 0.829. The van der Waals surface area contributed by atoms with E-state index in [1.165, 1.54) is 11.3 Å². The zero-order valence-corrected chi connectivity index (χ0v) is 13.2. The highest BCUT2D eigenvalue weighted by atomic mass is 79.9. The van der Waals surface area contributed by atoms with Gasteiger partial charge >= 0.3 is 0 Å². The average molecular weight is 400 g/mol. The maximum absolute atomic E-state index is 12.0. The van der Waals surface area contributed by atoms with E-state index in [4.69, 9.17) is 0 Å². The smallest absolute Gasteiger partial charge is 0.242 e. The Morgan fingerprint density at radius 2 is 2.18 bits per heavy atom. The molecule has 4 nitrogen and oxygen atoms in total. The van der Waals surface area contributed by atoms with E-state index in [0.29, 0.717) is 3.79 Å². The minimum atomic E-state index is -3.48. The molecule has 0 aromatic carbocycles. The maximum atomic E-state index is 12.0. The van der Waals surface area contributed by atoms with Gasteiger partial charge in [0, 0.05) is 18.9 Å². The highest BCUT2D eigenvalue weighted by molar-refractivity contribution is 9.12. The first-order chi connectivity index (χ1) is 7.99. The van der Waals surface area contributed by atoms with Crippen molar-refractivity contribution in [2.75, 3.05) is 0 Å². The topological polar surface area (TPSA) is 62.0 Å². The molecule has 92 valence electrons. The summed E-state index contributed by atoms with van der Waals surface area (Å²) in [5, 5.41) is 0. The van der Waals surface area contributed by atoms with Crippen LogP contribution in [0.3, 0.4) is 0 Å². The number of thiophene rings is 1. The first-order valence-electron chi connectivity index (χ1n) is 4.55. The van der Waals surface area contributed by atoms with Crippen LogP contribution in [-0.4, -0.2) is 13.4 Å². The van der Waals surface area contributed by atoms with Crippen LogP contribution in [0.15, 0.2) is 37.0 Å². The van der Waals surface area contributed by atoms with E-state index in [1.807, 2.05) is 6.07 Å². The number of hydrogen-bond donors (Lipinski definition) is 2. The Hall–Kier alpha value is -0.150. The lowest BCUT2D eigenvalue weighted by molar-refractivity contribution is 0.581. The van der Waals surface area contributed by atoms with Gasteiger partial charge in [-0.2, -0.15) is 0 Å². The lowest BCUT2D eigenvalue weighted by Crippen LogP contribution is -2.22. The third-order valence-corrected chi connectivity index (χ3v) is 6.20. The highest BCUT2D eigenvalue weighted by Crippen LogP contribution is 2.34. The summed E-state index contributed by atoms with van der Waals surface area (Å²) >= 11 is 7.82. The molecular formula is C9H8Br2N2O2S2. The van der Waals surface area contributed by atoms with Gasteiger partial charge < -0.3 is 4.98 Å². The molecule has 2 aromatic rings. The molecule has 0 unspecified atom stereocenters.